The Kier molecular flexibility index (Phi) is 2.52. The molecular weight excluding hydrogens is 234 g/mol. The summed E-state index contributed by atoms with van der Waals surface area (Å²) in [4.78, 5) is 7.64. The van der Waals surface area contributed by atoms with E-state index in [0.717, 1.165) is 35.4 Å². The predicted octanol–water partition coefficient (Wildman–Crippen LogP) is 2.62. The number of ether oxygens (including phenoxy) is 1. The summed E-state index contributed by atoms with van der Waals surface area (Å²) in [5.74, 6) is 0. The van der Waals surface area contributed by atoms with Crippen molar-refractivity contribution in [3.63, 3.8) is 0 Å². The van der Waals surface area contributed by atoms with E-state index in [1.807, 2.05) is 12.1 Å². The number of aromatic nitrogens is 3. The molecule has 17 heavy (non-hydrogen) atoms. The second kappa shape index (κ2) is 3.92. The Hall–Kier alpha value is -1.20. The van der Waals surface area contributed by atoms with Crippen molar-refractivity contribution in [2.75, 3.05) is 13.2 Å². The van der Waals surface area contributed by atoms with Crippen molar-refractivity contribution in [1.82, 2.24) is 14.5 Å². The Labute approximate surface area is 105 Å². The van der Waals surface area contributed by atoms with Crippen LogP contribution in [0.1, 0.15) is 19.8 Å². The van der Waals surface area contributed by atoms with Gasteiger partial charge in [0, 0.05) is 12.8 Å². The minimum atomic E-state index is -0.0814. The van der Waals surface area contributed by atoms with Crippen molar-refractivity contribution < 1.29 is 4.74 Å². The Balaban J connectivity index is 2.22. The Morgan fingerprint density at radius 1 is 1.59 bits per heavy atom. The lowest BCUT2D eigenvalue weighted by molar-refractivity contribution is 0.0106. The van der Waals surface area contributed by atoms with Crippen LogP contribution in [0.15, 0.2) is 18.3 Å². The van der Waals surface area contributed by atoms with Crippen LogP contribution in [0.3, 0.4) is 0 Å². The van der Waals surface area contributed by atoms with Gasteiger partial charge in [-0.2, -0.15) is 0 Å². The molecule has 0 saturated carbocycles. The second-order valence-electron chi connectivity index (χ2n) is 4.79. The smallest absolute Gasteiger partial charge is 0.179 e. The summed E-state index contributed by atoms with van der Waals surface area (Å²) < 4.78 is 8.44. The molecule has 1 saturated heterocycles. The van der Waals surface area contributed by atoms with Gasteiger partial charge in [0.25, 0.3) is 0 Å². The number of pyridine rings is 1. The van der Waals surface area contributed by atoms with Crippen LogP contribution in [0.2, 0.25) is 0 Å². The van der Waals surface area contributed by atoms with Crippen LogP contribution < -0.4 is 0 Å². The van der Waals surface area contributed by atoms with E-state index in [1.54, 1.807) is 6.20 Å². The number of fused-ring (bicyclic) bond motifs is 1. The van der Waals surface area contributed by atoms with E-state index in [2.05, 4.69) is 21.5 Å². The van der Waals surface area contributed by atoms with Gasteiger partial charge in [0.05, 0.1) is 17.7 Å². The molecule has 2 aromatic rings. The summed E-state index contributed by atoms with van der Waals surface area (Å²) in [6.07, 6.45) is 3.94. The van der Waals surface area contributed by atoms with Gasteiger partial charge >= 0.3 is 0 Å². The number of nitrogens with one attached hydrogen (secondary N) is 1. The van der Waals surface area contributed by atoms with Crippen molar-refractivity contribution in [3.05, 3.63) is 23.1 Å². The largest absolute Gasteiger partial charge is 0.379 e. The Bertz CT molecular complexity index is 595. The molecule has 5 heteroatoms. The van der Waals surface area contributed by atoms with Crippen LogP contribution in [-0.4, -0.2) is 27.7 Å². The third-order valence-electron chi connectivity index (χ3n) is 3.40. The van der Waals surface area contributed by atoms with Crippen molar-refractivity contribution in [1.29, 1.82) is 0 Å². The maximum absolute atomic E-state index is 5.60. The van der Waals surface area contributed by atoms with Crippen LogP contribution in [-0.2, 0) is 10.3 Å². The molecule has 3 rings (SSSR count). The van der Waals surface area contributed by atoms with E-state index in [0.29, 0.717) is 6.61 Å². The summed E-state index contributed by atoms with van der Waals surface area (Å²) in [5.41, 5.74) is 1.83. The standard InChI is InChI=1S/C12H15N3OS/c1-12(5-3-7-16-8-12)15-10-9(14-11(15)17)4-2-6-13-10/h2,4,6H,3,5,7-8H2,1H3,(H,14,17). The van der Waals surface area contributed by atoms with E-state index >= 15 is 0 Å². The number of nitrogens with zero attached hydrogens (tertiary/aromatic N) is 2. The van der Waals surface area contributed by atoms with Gasteiger partial charge in [-0.15, -0.1) is 0 Å². The molecule has 0 spiro atoms. The van der Waals surface area contributed by atoms with Gasteiger partial charge in [0.15, 0.2) is 10.4 Å². The highest BCUT2D eigenvalue weighted by Gasteiger charge is 2.32. The van der Waals surface area contributed by atoms with Gasteiger partial charge in [-0.25, -0.2) is 4.98 Å². The lowest BCUT2D eigenvalue weighted by Crippen LogP contribution is -2.39. The van der Waals surface area contributed by atoms with Crippen LogP contribution in [0.25, 0.3) is 11.2 Å². The van der Waals surface area contributed by atoms with Gasteiger partial charge in [-0.05, 0) is 44.1 Å². The van der Waals surface area contributed by atoms with Gasteiger partial charge in [-0.3, -0.25) is 4.57 Å². The lowest BCUT2D eigenvalue weighted by atomic mass is 9.94. The van der Waals surface area contributed by atoms with Crippen LogP contribution in [0.4, 0.5) is 0 Å². The first-order chi connectivity index (χ1) is 8.21. The minimum absolute atomic E-state index is 0.0814. The first-order valence-corrected chi connectivity index (χ1v) is 6.25. The van der Waals surface area contributed by atoms with Gasteiger partial charge in [0.2, 0.25) is 0 Å². The van der Waals surface area contributed by atoms with Crippen LogP contribution >= 0.6 is 12.2 Å². The first kappa shape index (κ1) is 10.9. The Morgan fingerprint density at radius 2 is 2.47 bits per heavy atom. The second-order valence-corrected chi connectivity index (χ2v) is 5.18. The van der Waals surface area contributed by atoms with Crippen LogP contribution in [0, 0.1) is 4.77 Å². The van der Waals surface area contributed by atoms with Crippen molar-refractivity contribution >= 4 is 23.4 Å². The third-order valence-corrected chi connectivity index (χ3v) is 3.68. The fourth-order valence-electron chi connectivity index (χ4n) is 2.54. The molecule has 0 aromatic carbocycles. The molecule has 0 amide bonds. The van der Waals surface area contributed by atoms with E-state index in [9.17, 15) is 0 Å². The summed E-state index contributed by atoms with van der Waals surface area (Å²) >= 11 is 5.42. The summed E-state index contributed by atoms with van der Waals surface area (Å²) in [6, 6.07) is 3.92. The van der Waals surface area contributed by atoms with Crippen molar-refractivity contribution in [3.8, 4) is 0 Å². The third kappa shape index (κ3) is 1.70. The number of imidazole rings is 1. The molecule has 4 nitrogen and oxygen atoms in total. The predicted molar refractivity (Wildman–Crippen MR) is 68.6 cm³/mol. The van der Waals surface area contributed by atoms with Crippen molar-refractivity contribution in [2.24, 2.45) is 0 Å². The molecule has 0 bridgehead atoms. The summed E-state index contributed by atoms with van der Waals surface area (Å²) in [6.45, 7) is 3.73. The maximum Gasteiger partial charge on any atom is 0.179 e. The quantitative estimate of drug-likeness (QED) is 0.790. The highest BCUT2D eigenvalue weighted by molar-refractivity contribution is 7.71. The molecule has 1 aliphatic heterocycles. The SMILES string of the molecule is CC1(n2c(=S)[nH]c3cccnc32)CCCOC1. The van der Waals surface area contributed by atoms with E-state index < -0.39 is 0 Å². The molecule has 1 aliphatic rings. The summed E-state index contributed by atoms with van der Waals surface area (Å²) in [5, 5.41) is 0. The number of rotatable bonds is 1. The molecule has 1 unspecified atom stereocenters. The molecular formula is C12H15N3OS. The molecule has 1 atom stereocenters. The Morgan fingerprint density at radius 3 is 3.24 bits per heavy atom. The number of hydrogen-bond acceptors (Lipinski definition) is 3. The minimum Gasteiger partial charge on any atom is -0.379 e. The van der Waals surface area contributed by atoms with Gasteiger partial charge in [-0.1, -0.05) is 0 Å². The topological polar surface area (TPSA) is 42.8 Å². The summed E-state index contributed by atoms with van der Waals surface area (Å²) in [7, 11) is 0. The molecule has 0 radical (unpaired) electrons. The van der Waals surface area contributed by atoms with Gasteiger partial charge < -0.3 is 9.72 Å². The fraction of sp³-hybridized carbons (Fsp3) is 0.500. The van der Waals surface area contributed by atoms with Gasteiger partial charge in [0.1, 0.15) is 0 Å². The molecule has 1 N–H and O–H groups in total. The average Bonchev–Trinajstić information content (AvgIpc) is 2.66. The zero-order valence-electron chi connectivity index (χ0n) is 9.77. The normalized spacial score (nSPS) is 25.2. The first-order valence-electron chi connectivity index (χ1n) is 5.85. The maximum atomic E-state index is 5.60. The lowest BCUT2D eigenvalue weighted by Gasteiger charge is -2.34. The monoisotopic (exact) mass is 249 g/mol. The highest BCUT2D eigenvalue weighted by Crippen LogP contribution is 2.30. The molecule has 2 aromatic heterocycles. The number of aromatic amines is 1. The number of H-pyrrole nitrogens is 1. The molecule has 1 fully saturated rings. The van der Waals surface area contributed by atoms with Crippen molar-refractivity contribution in [2.45, 2.75) is 25.3 Å². The molecule has 90 valence electrons. The van der Waals surface area contributed by atoms with E-state index in [4.69, 9.17) is 17.0 Å². The zero-order valence-corrected chi connectivity index (χ0v) is 10.6. The molecule has 3 heterocycles. The van der Waals surface area contributed by atoms with E-state index in [-0.39, 0.29) is 5.54 Å². The zero-order chi connectivity index (χ0) is 11.9. The average molecular weight is 249 g/mol. The van der Waals surface area contributed by atoms with E-state index in [1.165, 1.54) is 0 Å². The highest BCUT2D eigenvalue weighted by atomic mass is 32.1. The molecule has 0 aliphatic carbocycles. The number of hydrogen-bond donors (Lipinski definition) is 1. The fourth-order valence-corrected chi connectivity index (χ4v) is 2.95. The van der Waals surface area contributed by atoms with Crippen LogP contribution in [0.5, 0.6) is 0 Å².